The van der Waals surface area contributed by atoms with Crippen molar-refractivity contribution >= 4 is 27.5 Å². The molecule has 3 rings (SSSR count). The second kappa shape index (κ2) is 7.82. The maximum absolute atomic E-state index is 12.5. The second-order valence-corrected chi connectivity index (χ2v) is 8.75. The van der Waals surface area contributed by atoms with E-state index < -0.39 is 40.5 Å². The van der Waals surface area contributed by atoms with E-state index in [2.05, 4.69) is 10.0 Å². The highest BCUT2D eigenvalue weighted by Gasteiger charge is 2.40. The highest BCUT2D eigenvalue weighted by atomic mass is 32.2. The van der Waals surface area contributed by atoms with Gasteiger partial charge >= 0.3 is 6.18 Å². The number of carbonyl (C=O) groups excluding carboxylic acids is 2. The molecule has 1 aliphatic heterocycles. The lowest BCUT2D eigenvalue weighted by molar-refractivity contribution is -0.157. The smallest absolute Gasteiger partial charge is 0.406 e. The fraction of sp³-hybridized carbons (Fsp3) is 0.529. The van der Waals surface area contributed by atoms with Crippen LogP contribution in [0, 0.1) is 5.92 Å². The van der Waals surface area contributed by atoms with Crippen LogP contribution in [-0.2, 0) is 19.6 Å². The number of rotatable bonds is 7. The number of sulfonamides is 1. The lowest BCUT2D eigenvalue weighted by atomic mass is 10.1. The van der Waals surface area contributed by atoms with Crippen LogP contribution in [0.1, 0.15) is 19.3 Å². The van der Waals surface area contributed by atoms with Crippen LogP contribution >= 0.6 is 0 Å². The molecular weight excluding hydrogens is 415 g/mol. The summed E-state index contributed by atoms with van der Waals surface area (Å²) in [5.74, 6) is -2.26. The van der Waals surface area contributed by atoms with E-state index in [1.54, 1.807) is 0 Å². The van der Waals surface area contributed by atoms with Crippen LogP contribution in [0.3, 0.4) is 0 Å². The number of nitrogens with one attached hydrogen (secondary N) is 2. The number of anilines is 1. The number of methoxy groups -OCH3 is 1. The molecule has 1 saturated carbocycles. The first-order valence-electron chi connectivity index (χ1n) is 8.84. The standard InChI is InChI=1S/C17H20F3N3O5S/c1-28-14-5-4-12(29(26,27)22-11-2-3-11)7-13(14)21-16(25)10-6-15(24)23(8-10)9-17(18,19)20/h4-5,7,10-11,22H,2-3,6,8-9H2,1H3,(H,21,25). The van der Waals surface area contributed by atoms with Gasteiger partial charge in [0.25, 0.3) is 0 Å². The summed E-state index contributed by atoms with van der Waals surface area (Å²) < 4.78 is 70.0. The fourth-order valence-electron chi connectivity index (χ4n) is 2.99. The van der Waals surface area contributed by atoms with Gasteiger partial charge in [-0.25, -0.2) is 13.1 Å². The number of amides is 2. The zero-order valence-electron chi connectivity index (χ0n) is 15.5. The van der Waals surface area contributed by atoms with Crippen molar-refractivity contribution in [2.75, 3.05) is 25.5 Å². The summed E-state index contributed by atoms with van der Waals surface area (Å²) in [6, 6.07) is 3.80. The molecule has 0 radical (unpaired) electrons. The number of ether oxygens (including phenoxy) is 1. The van der Waals surface area contributed by atoms with E-state index in [0.29, 0.717) is 4.90 Å². The third kappa shape index (κ3) is 5.38. The molecule has 29 heavy (non-hydrogen) atoms. The summed E-state index contributed by atoms with van der Waals surface area (Å²) in [5.41, 5.74) is 0.0536. The third-order valence-electron chi connectivity index (χ3n) is 4.59. The summed E-state index contributed by atoms with van der Waals surface area (Å²) in [6.45, 7) is -1.78. The number of nitrogens with zero attached hydrogens (tertiary/aromatic N) is 1. The molecule has 1 aromatic carbocycles. The van der Waals surface area contributed by atoms with Gasteiger partial charge in [0.05, 0.1) is 23.6 Å². The molecule has 0 spiro atoms. The van der Waals surface area contributed by atoms with Gasteiger partial charge in [-0.1, -0.05) is 0 Å². The maximum Gasteiger partial charge on any atom is 0.406 e. The molecule has 2 amide bonds. The summed E-state index contributed by atoms with van der Waals surface area (Å²) in [5, 5.41) is 2.47. The van der Waals surface area contributed by atoms with Gasteiger partial charge in [-0.05, 0) is 31.0 Å². The van der Waals surface area contributed by atoms with E-state index in [9.17, 15) is 31.2 Å². The number of carbonyl (C=O) groups is 2. The molecule has 2 N–H and O–H groups in total. The minimum atomic E-state index is -4.55. The molecule has 1 saturated heterocycles. The highest BCUT2D eigenvalue weighted by molar-refractivity contribution is 7.89. The van der Waals surface area contributed by atoms with Crippen LogP contribution < -0.4 is 14.8 Å². The van der Waals surface area contributed by atoms with Crippen molar-refractivity contribution < 1.29 is 35.9 Å². The lowest BCUT2D eigenvalue weighted by Gasteiger charge is -2.18. The van der Waals surface area contributed by atoms with Crippen LogP contribution in [0.2, 0.25) is 0 Å². The Balaban J connectivity index is 1.74. The second-order valence-electron chi connectivity index (χ2n) is 7.04. The Morgan fingerprint density at radius 1 is 1.31 bits per heavy atom. The monoisotopic (exact) mass is 435 g/mol. The van der Waals surface area contributed by atoms with E-state index in [-0.39, 0.29) is 35.3 Å². The van der Waals surface area contributed by atoms with Crippen LogP contribution in [0.4, 0.5) is 18.9 Å². The zero-order chi connectivity index (χ0) is 21.4. The summed E-state index contributed by atoms with van der Waals surface area (Å²) >= 11 is 0. The van der Waals surface area contributed by atoms with Crippen molar-refractivity contribution in [1.29, 1.82) is 0 Å². The third-order valence-corrected chi connectivity index (χ3v) is 6.11. The zero-order valence-corrected chi connectivity index (χ0v) is 16.3. The number of halogens is 3. The molecule has 1 atom stereocenters. The van der Waals surface area contributed by atoms with Crippen molar-refractivity contribution in [3.8, 4) is 5.75 Å². The molecule has 160 valence electrons. The Bertz CT molecular complexity index is 915. The number of hydrogen-bond donors (Lipinski definition) is 2. The number of likely N-dealkylation sites (tertiary alicyclic amines) is 1. The molecule has 0 aromatic heterocycles. The maximum atomic E-state index is 12.5. The summed E-state index contributed by atoms with van der Waals surface area (Å²) in [4.78, 5) is 24.8. The molecule has 12 heteroatoms. The first kappa shape index (κ1) is 21.4. The van der Waals surface area contributed by atoms with Crippen LogP contribution in [0.25, 0.3) is 0 Å². The van der Waals surface area contributed by atoms with Crippen molar-refractivity contribution in [3.05, 3.63) is 18.2 Å². The first-order chi connectivity index (χ1) is 13.5. The van der Waals surface area contributed by atoms with E-state index in [4.69, 9.17) is 4.74 Å². The average Bonchev–Trinajstić information content (AvgIpc) is 3.35. The minimum absolute atomic E-state index is 0.0536. The van der Waals surface area contributed by atoms with Crippen molar-refractivity contribution in [2.45, 2.75) is 36.4 Å². The van der Waals surface area contributed by atoms with E-state index in [1.807, 2.05) is 0 Å². The van der Waals surface area contributed by atoms with Gasteiger partial charge in [0.15, 0.2) is 0 Å². The molecule has 0 bridgehead atoms. The van der Waals surface area contributed by atoms with Crippen LogP contribution in [0.15, 0.2) is 23.1 Å². The number of hydrogen-bond acceptors (Lipinski definition) is 5. The Morgan fingerprint density at radius 2 is 2.00 bits per heavy atom. The van der Waals surface area contributed by atoms with E-state index >= 15 is 0 Å². The minimum Gasteiger partial charge on any atom is -0.495 e. The molecule has 2 fully saturated rings. The van der Waals surface area contributed by atoms with Crippen molar-refractivity contribution in [1.82, 2.24) is 9.62 Å². The Kier molecular flexibility index (Phi) is 5.77. The van der Waals surface area contributed by atoms with Gasteiger partial charge in [0.2, 0.25) is 21.8 Å². The van der Waals surface area contributed by atoms with Gasteiger partial charge in [0, 0.05) is 19.0 Å². The lowest BCUT2D eigenvalue weighted by Crippen LogP contribution is -2.36. The molecule has 8 nitrogen and oxygen atoms in total. The van der Waals surface area contributed by atoms with Crippen LogP contribution in [-0.4, -0.2) is 57.5 Å². The molecule has 1 unspecified atom stereocenters. The van der Waals surface area contributed by atoms with E-state index in [0.717, 1.165) is 12.8 Å². The molecule has 2 aliphatic rings. The van der Waals surface area contributed by atoms with Gasteiger partial charge in [-0.3, -0.25) is 9.59 Å². The summed E-state index contributed by atoms with van der Waals surface area (Å²) in [7, 11) is -2.46. The predicted octanol–water partition coefficient (Wildman–Crippen LogP) is 1.49. The quantitative estimate of drug-likeness (QED) is 0.675. The molecule has 1 aromatic rings. The van der Waals surface area contributed by atoms with Crippen molar-refractivity contribution in [2.24, 2.45) is 5.92 Å². The number of benzene rings is 1. The SMILES string of the molecule is COc1ccc(S(=O)(=O)NC2CC2)cc1NC(=O)C1CC(=O)N(CC(F)(F)F)C1. The highest BCUT2D eigenvalue weighted by Crippen LogP contribution is 2.31. The molecule has 1 aliphatic carbocycles. The molecule has 1 heterocycles. The topological polar surface area (TPSA) is 105 Å². The Labute approximate surface area is 165 Å². The average molecular weight is 435 g/mol. The van der Waals surface area contributed by atoms with Crippen LogP contribution in [0.5, 0.6) is 5.75 Å². The number of alkyl halides is 3. The van der Waals surface area contributed by atoms with Crippen molar-refractivity contribution in [3.63, 3.8) is 0 Å². The summed E-state index contributed by atoms with van der Waals surface area (Å²) in [6.07, 6.45) is -3.40. The Morgan fingerprint density at radius 3 is 2.59 bits per heavy atom. The Hall–Kier alpha value is -2.34. The molecular formula is C17H20F3N3O5S. The fourth-order valence-corrected chi connectivity index (χ4v) is 4.32. The first-order valence-corrected chi connectivity index (χ1v) is 10.3. The predicted molar refractivity (Wildman–Crippen MR) is 95.7 cm³/mol. The van der Waals surface area contributed by atoms with Gasteiger partial charge in [0.1, 0.15) is 12.3 Å². The van der Waals surface area contributed by atoms with Gasteiger partial charge < -0.3 is 15.0 Å². The van der Waals surface area contributed by atoms with Gasteiger partial charge in [-0.15, -0.1) is 0 Å². The van der Waals surface area contributed by atoms with E-state index in [1.165, 1.54) is 25.3 Å². The normalized spacial score (nSPS) is 20.1. The largest absolute Gasteiger partial charge is 0.495 e. The van der Waals surface area contributed by atoms with Gasteiger partial charge in [-0.2, -0.15) is 13.2 Å².